The predicted octanol–water partition coefficient (Wildman–Crippen LogP) is 1.96. The summed E-state index contributed by atoms with van der Waals surface area (Å²) in [6, 6.07) is 1.94. The van der Waals surface area contributed by atoms with Gasteiger partial charge in [-0.2, -0.15) is 5.10 Å². The minimum absolute atomic E-state index is 0.649. The van der Waals surface area contributed by atoms with Gasteiger partial charge in [0.05, 0.1) is 0 Å². The van der Waals surface area contributed by atoms with Crippen molar-refractivity contribution in [2.75, 3.05) is 5.73 Å². The van der Waals surface area contributed by atoms with Gasteiger partial charge >= 0.3 is 0 Å². The van der Waals surface area contributed by atoms with Crippen LogP contribution in [-0.2, 0) is 6.54 Å². The van der Waals surface area contributed by atoms with E-state index in [1.165, 1.54) is 31.4 Å². The summed E-state index contributed by atoms with van der Waals surface area (Å²) in [5, 5.41) is 4.27. The minimum atomic E-state index is 0.649. The lowest BCUT2D eigenvalue weighted by Gasteiger charge is -2.09. The second kappa shape index (κ2) is 3.40. The van der Waals surface area contributed by atoms with Crippen molar-refractivity contribution in [3.05, 3.63) is 11.8 Å². The maximum atomic E-state index is 5.62. The summed E-state index contributed by atoms with van der Waals surface area (Å²) in [4.78, 5) is 0. The van der Waals surface area contributed by atoms with Gasteiger partial charge in [0.25, 0.3) is 0 Å². The van der Waals surface area contributed by atoms with E-state index in [0.29, 0.717) is 5.82 Å². The Morgan fingerprint density at radius 2 is 2.23 bits per heavy atom. The highest BCUT2D eigenvalue weighted by molar-refractivity contribution is 5.28. The molecule has 2 rings (SSSR count). The van der Waals surface area contributed by atoms with Crippen LogP contribution >= 0.6 is 0 Å². The number of anilines is 1. The van der Waals surface area contributed by atoms with Gasteiger partial charge in [-0.3, -0.25) is 4.68 Å². The number of nitrogen functional groups attached to an aromatic ring is 1. The Kier molecular flexibility index (Phi) is 2.25. The molecular weight excluding hydrogens is 162 g/mol. The van der Waals surface area contributed by atoms with Gasteiger partial charge in [0.1, 0.15) is 5.82 Å². The van der Waals surface area contributed by atoms with E-state index in [4.69, 9.17) is 5.73 Å². The van der Waals surface area contributed by atoms with E-state index in [2.05, 4.69) is 12.0 Å². The number of aryl methyl sites for hydroxylation is 1. The van der Waals surface area contributed by atoms with Gasteiger partial charge in [-0.15, -0.1) is 0 Å². The van der Waals surface area contributed by atoms with Gasteiger partial charge < -0.3 is 5.73 Å². The van der Waals surface area contributed by atoms with Crippen LogP contribution in [0.5, 0.6) is 0 Å². The lowest BCUT2D eigenvalue weighted by Crippen LogP contribution is -2.10. The van der Waals surface area contributed by atoms with Crippen molar-refractivity contribution in [1.82, 2.24) is 9.78 Å². The second-order valence-corrected chi connectivity index (χ2v) is 4.04. The monoisotopic (exact) mass is 179 g/mol. The number of aromatic nitrogens is 2. The molecule has 1 aromatic heterocycles. The van der Waals surface area contributed by atoms with Crippen LogP contribution in [0, 0.1) is 12.8 Å². The Morgan fingerprint density at radius 3 is 2.77 bits per heavy atom. The highest BCUT2D eigenvalue weighted by Crippen LogP contribution is 2.26. The fourth-order valence-corrected chi connectivity index (χ4v) is 2.16. The normalized spacial score (nSPS) is 18.2. The van der Waals surface area contributed by atoms with Crippen LogP contribution < -0.4 is 5.73 Å². The average molecular weight is 179 g/mol. The number of rotatable bonds is 2. The van der Waals surface area contributed by atoms with Gasteiger partial charge in [-0.05, 0) is 25.7 Å². The molecule has 13 heavy (non-hydrogen) atoms. The first-order valence-electron chi connectivity index (χ1n) is 5.05. The first kappa shape index (κ1) is 8.60. The third-order valence-electron chi connectivity index (χ3n) is 2.91. The molecule has 1 aliphatic carbocycles. The molecule has 1 fully saturated rings. The van der Waals surface area contributed by atoms with Crippen molar-refractivity contribution in [3.63, 3.8) is 0 Å². The van der Waals surface area contributed by atoms with E-state index < -0.39 is 0 Å². The standard InChI is InChI=1S/C10H17N3/c1-8-6-10(11)12-13(8)7-9-4-2-3-5-9/h6,9H,2-5,7H2,1H3,(H2,11,12). The molecule has 0 saturated heterocycles. The minimum Gasteiger partial charge on any atom is -0.382 e. The van der Waals surface area contributed by atoms with E-state index in [1.54, 1.807) is 0 Å². The lowest BCUT2D eigenvalue weighted by molar-refractivity contribution is 0.424. The number of hydrogen-bond donors (Lipinski definition) is 1. The Bertz CT molecular complexity index is 284. The molecule has 0 spiro atoms. The molecule has 0 radical (unpaired) electrons. The van der Waals surface area contributed by atoms with Crippen molar-refractivity contribution < 1.29 is 0 Å². The zero-order valence-corrected chi connectivity index (χ0v) is 8.16. The van der Waals surface area contributed by atoms with E-state index in [-0.39, 0.29) is 0 Å². The smallest absolute Gasteiger partial charge is 0.145 e. The van der Waals surface area contributed by atoms with Gasteiger partial charge in [-0.25, -0.2) is 0 Å². The Hall–Kier alpha value is -0.990. The summed E-state index contributed by atoms with van der Waals surface area (Å²) in [6.45, 7) is 3.13. The first-order chi connectivity index (χ1) is 6.25. The fourth-order valence-electron chi connectivity index (χ4n) is 2.16. The molecule has 1 saturated carbocycles. The lowest BCUT2D eigenvalue weighted by atomic mass is 10.1. The summed E-state index contributed by atoms with van der Waals surface area (Å²) in [5.74, 6) is 1.48. The summed E-state index contributed by atoms with van der Waals surface area (Å²) in [6.07, 6.45) is 5.50. The first-order valence-corrected chi connectivity index (χ1v) is 5.05. The quantitative estimate of drug-likeness (QED) is 0.754. The molecule has 1 aromatic rings. The van der Waals surface area contributed by atoms with E-state index in [1.807, 2.05) is 10.7 Å². The molecule has 0 amide bonds. The topological polar surface area (TPSA) is 43.8 Å². The molecular formula is C10H17N3. The van der Waals surface area contributed by atoms with Crippen LogP contribution in [0.1, 0.15) is 31.4 Å². The Balaban J connectivity index is 2.03. The third-order valence-corrected chi connectivity index (χ3v) is 2.91. The summed E-state index contributed by atoms with van der Waals surface area (Å²) >= 11 is 0. The molecule has 0 aromatic carbocycles. The van der Waals surface area contributed by atoms with Crippen molar-refractivity contribution in [2.45, 2.75) is 39.2 Å². The molecule has 1 aliphatic rings. The maximum Gasteiger partial charge on any atom is 0.145 e. The van der Waals surface area contributed by atoms with Crippen LogP contribution in [0.2, 0.25) is 0 Å². The highest BCUT2D eigenvalue weighted by atomic mass is 15.3. The zero-order valence-electron chi connectivity index (χ0n) is 8.16. The molecule has 3 heteroatoms. The molecule has 2 N–H and O–H groups in total. The SMILES string of the molecule is Cc1cc(N)nn1CC1CCCC1. The molecule has 0 bridgehead atoms. The summed E-state index contributed by atoms with van der Waals surface area (Å²) in [5.41, 5.74) is 6.81. The molecule has 72 valence electrons. The largest absolute Gasteiger partial charge is 0.382 e. The summed E-state index contributed by atoms with van der Waals surface area (Å²) < 4.78 is 2.05. The van der Waals surface area contributed by atoms with Crippen molar-refractivity contribution in [2.24, 2.45) is 5.92 Å². The highest BCUT2D eigenvalue weighted by Gasteiger charge is 2.16. The second-order valence-electron chi connectivity index (χ2n) is 4.04. The van der Waals surface area contributed by atoms with Crippen molar-refractivity contribution in [3.8, 4) is 0 Å². The Labute approximate surface area is 78.9 Å². The van der Waals surface area contributed by atoms with Crippen molar-refractivity contribution in [1.29, 1.82) is 0 Å². The maximum absolute atomic E-state index is 5.62. The van der Waals surface area contributed by atoms with Crippen LogP contribution in [0.3, 0.4) is 0 Å². The average Bonchev–Trinajstić information content (AvgIpc) is 2.63. The number of nitrogens with two attached hydrogens (primary N) is 1. The van der Waals surface area contributed by atoms with Gasteiger partial charge in [0, 0.05) is 18.3 Å². The van der Waals surface area contributed by atoms with Gasteiger partial charge in [0.15, 0.2) is 0 Å². The van der Waals surface area contributed by atoms with Crippen LogP contribution in [-0.4, -0.2) is 9.78 Å². The predicted molar refractivity (Wildman–Crippen MR) is 53.3 cm³/mol. The van der Waals surface area contributed by atoms with E-state index in [0.717, 1.165) is 12.5 Å². The Morgan fingerprint density at radius 1 is 1.54 bits per heavy atom. The molecule has 0 atom stereocenters. The molecule has 0 aliphatic heterocycles. The number of hydrogen-bond acceptors (Lipinski definition) is 2. The fraction of sp³-hybridized carbons (Fsp3) is 0.700. The molecule has 0 unspecified atom stereocenters. The van der Waals surface area contributed by atoms with E-state index >= 15 is 0 Å². The van der Waals surface area contributed by atoms with Crippen molar-refractivity contribution >= 4 is 5.82 Å². The van der Waals surface area contributed by atoms with Crippen LogP contribution in [0.25, 0.3) is 0 Å². The zero-order chi connectivity index (χ0) is 9.26. The third kappa shape index (κ3) is 1.85. The number of nitrogens with zero attached hydrogens (tertiary/aromatic N) is 2. The van der Waals surface area contributed by atoms with Gasteiger partial charge in [0.2, 0.25) is 0 Å². The molecule has 1 heterocycles. The summed E-state index contributed by atoms with van der Waals surface area (Å²) in [7, 11) is 0. The van der Waals surface area contributed by atoms with Gasteiger partial charge in [-0.1, -0.05) is 12.8 Å². The van der Waals surface area contributed by atoms with E-state index in [9.17, 15) is 0 Å². The van der Waals surface area contributed by atoms with Crippen LogP contribution in [0.15, 0.2) is 6.07 Å². The van der Waals surface area contributed by atoms with Crippen LogP contribution in [0.4, 0.5) is 5.82 Å². The molecule has 3 nitrogen and oxygen atoms in total.